The number of carbonyl (C=O) groups excluding carboxylic acids is 1. The number of hydrogen-bond acceptors (Lipinski definition) is 5. The summed E-state index contributed by atoms with van der Waals surface area (Å²) in [5.74, 6) is 2.16. The highest BCUT2D eigenvalue weighted by Gasteiger charge is 2.32. The molecule has 6 heteroatoms. The smallest absolute Gasteiger partial charge is 0.256 e. The van der Waals surface area contributed by atoms with Gasteiger partial charge >= 0.3 is 0 Å². The lowest BCUT2D eigenvalue weighted by molar-refractivity contribution is 0.0569. The number of rotatable bonds is 5. The van der Waals surface area contributed by atoms with Gasteiger partial charge in [0.25, 0.3) is 5.91 Å². The number of carbonyl (C=O) groups is 1. The molecule has 28 heavy (non-hydrogen) atoms. The van der Waals surface area contributed by atoms with E-state index < -0.39 is 0 Å². The van der Waals surface area contributed by atoms with Crippen LogP contribution >= 0.6 is 0 Å². The Morgan fingerprint density at radius 3 is 2.93 bits per heavy atom. The number of hydrogen-bond donors (Lipinski definition) is 0. The number of ether oxygens (including phenoxy) is 1. The number of methoxy groups -OCH3 is 1. The lowest BCUT2D eigenvalue weighted by Crippen LogP contribution is -2.38. The van der Waals surface area contributed by atoms with Crippen LogP contribution in [0.15, 0.2) is 59.4 Å². The zero-order valence-electron chi connectivity index (χ0n) is 15.9. The Hall–Kier alpha value is -3.15. The maximum Gasteiger partial charge on any atom is 0.256 e. The van der Waals surface area contributed by atoms with Crippen molar-refractivity contribution < 1.29 is 13.9 Å². The van der Waals surface area contributed by atoms with Gasteiger partial charge < -0.3 is 14.1 Å². The molecular formula is C22H23N3O3. The number of benzene rings is 1. The first-order valence-corrected chi connectivity index (χ1v) is 9.54. The van der Waals surface area contributed by atoms with E-state index in [0.717, 1.165) is 36.3 Å². The van der Waals surface area contributed by atoms with Gasteiger partial charge in [0.1, 0.15) is 17.6 Å². The first-order chi connectivity index (χ1) is 13.8. The van der Waals surface area contributed by atoms with Crippen molar-refractivity contribution in [2.75, 3.05) is 13.7 Å². The summed E-state index contributed by atoms with van der Waals surface area (Å²) in [4.78, 5) is 23.4. The Morgan fingerprint density at radius 1 is 1.21 bits per heavy atom. The molecule has 1 amide bonds. The molecule has 1 saturated heterocycles. The molecule has 1 aromatic carbocycles. The average molecular weight is 377 g/mol. The van der Waals surface area contributed by atoms with Crippen molar-refractivity contribution in [3.05, 3.63) is 77.8 Å². The Bertz CT molecular complexity index is 939. The van der Waals surface area contributed by atoms with E-state index in [9.17, 15) is 4.79 Å². The van der Waals surface area contributed by atoms with E-state index in [1.54, 1.807) is 37.8 Å². The molecule has 6 nitrogen and oxygen atoms in total. The zero-order valence-corrected chi connectivity index (χ0v) is 15.9. The summed E-state index contributed by atoms with van der Waals surface area (Å²) in [6.45, 7) is 0.697. The van der Waals surface area contributed by atoms with Crippen LogP contribution in [0, 0.1) is 0 Å². The van der Waals surface area contributed by atoms with E-state index in [2.05, 4.69) is 9.97 Å². The molecule has 0 aliphatic carbocycles. The number of piperidine rings is 1. The quantitative estimate of drug-likeness (QED) is 0.671. The van der Waals surface area contributed by atoms with E-state index in [1.807, 2.05) is 29.2 Å². The van der Waals surface area contributed by atoms with Crippen molar-refractivity contribution >= 4 is 5.91 Å². The molecule has 4 rings (SSSR count). The van der Waals surface area contributed by atoms with Crippen LogP contribution in [0.4, 0.5) is 0 Å². The number of nitrogens with zero attached hydrogens (tertiary/aromatic N) is 3. The van der Waals surface area contributed by atoms with Crippen LogP contribution in [0.2, 0.25) is 0 Å². The normalized spacial score (nSPS) is 16.8. The molecule has 1 atom stereocenters. The first kappa shape index (κ1) is 18.2. The number of amides is 1. The van der Waals surface area contributed by atoms with Crippen molar-refractivity contribution in [3.63, 3.8) is 0 Å². The summed E-state index contributed by atoms with van der Waals surface area (Å²) in [6, 6.07) is 11.3. The molecule has 2 aromatic heterocycles. The maximum absolute atomic E-state index is 13.0. The van der Waals surface area contributed by atoms with E-state index >= 15 is 0 Å². The third-order valence-electron chi connectivity index (χ3n) is 5.09. The second-order valence-corrected chi connectivity index (χ2v) is 6.91. The predicted molar refractivity (Wildman–Crippen MR) is 104 cm³/mol. The molecule has 0 radical (unpaired) electrons. The van der Waals surface area contributed by atoms with Gasteiger partial charge in [-0.3, -0.25) is 9.78 Å². The van der Waals surface area contributed by atoms with E-state index in [-0.39, 0.29) is 11.9 Å². The average Bonchev–Trinajstić information content (AvgIpc) is 3.22. The van der Waals surface area contributed by atoms with E-state index in [4.69, 9.17) is 9.15 Å². The highest BCUT2D eigenvalue weighted by atomic mass is 16.5. The number of aromatic nitrogens is 2. The molecule has 0 saturated carbocycles. The number of pyridine rings is 1. The van der Waals surface area contributed by atoms with Crippen molar-refractivity contribution in [3.8, 4) is 5.75 Å². The number of likely N-dealkylation sites (tertiary alicyclic amines) is 1. The summed E-state index contributed by atoms with van der Waals surface area (Å²) < 4.78 is 11.5. The van der Waals surface area contributed by atoms with Gasteiger partial charge in [-0.25, -0.2) is 4.98 Å². The lowest BCUT2D eigenvalue weighted by Gasteiger charge is -2.33. The Labute approximate surface area is 164 Å². The zero-order chi connectivity index (χ0) is 19.3. The fourth-order valence-electron chi connectivity index (χ4n) is 3.68. The van der Waals surface area contributed by atoms with Crippen LogP contribution in [0.1, 0.15) is 52.9 Å². The van der Waals surface area contributed by atoms with Crippen molar-refractivity contribution in [1.82, 2.24) is 14.9 Å². The Kier molecular flexibility index (Phi) is 5.37. The molecule has 0 N–H and O–H groups in total. The summed E-state index contributed by atoms with van der Waals surface area (Å²) in [7, 11) is 1.66. The Balaban J connectivity index is 1.55. The molecule has 0 unspecified atom stereocenters. The van der Waals surface area contributed by atoms with Crippen molar-refractivity contribution in [2.24, 2.45) is 0 Å². The number of para-hydroxylation sites is 1. The largest absolute Gasteiger partial charge is 0.496 e. The SMILES string of the molecule is COc1ccccc1Cc1cnc([C@@H]2CCCCN2C(=O)c2cccnc2)o1. The van der Waals surface area contributed by atoms with Crippen LogP contribution in [0.3, 0.4) is 0 Å². The minimum Gasteiger partial charge on any atom is -0.496 e. The van der Waals surface area contributed by atoms with Crippen LogP contribution in [-0.2, 0) is 6.42 Å². The molecule has 0 bridgehead atoms. The van der Waals surface area contributed by atoms with Gasteiger partial charge in [-0.05, 0) is 37.5 Å². The topological polar surface area (TPSA) is 68.5 Å². The molecular weight excluding hydrogens is 354 g/mol. The van der Waals surface area contributed by atoms with Gasteiger partial charge in [-0.1, -0.05) is 18.2 Å². The van der Waals surface area contributed by atoms with Crippen molar-refractivity contribution in [1.29, 1.82) is 0 Å². The summed E-state index contributed by atoms with van der Waals surface area (Å²) >= 11 is 0. The highest BCUT2D eigenvalue weighted by Crippen LogP contribution is 2.32. The standard InChI is InChI=1S/C22H23N3O3/c1-27-20-10-3-2-7-16(20)13-18-15-24-21(28-18)19-9-4-5-12-25(19)22(26)17-8-6-11-23-14-17/h2-3,6-8,10-11,14-15,19H,4-5,9,12-13H2,1H3/t19-/m0/s1. The fourth-order valence-corrected chi connectivity index (χ4v) is 3.68. The van der Waals surface area contributed by atoms with Gasteiger partial charge in [0.2, 0.25) is 5.89 Å². The minimum atomic E-state index is -0.145. The Morgan fingerprint density at radius 2 is 2.11 bits per heavy atom. The minimum absolute atomic E-state index is 0.0257. The molecule has 1 aliphatic rings. The van der Waals surface area contributed by atoms with Crippen LogP contribution in [0.5, 0.6) is 5.75 Å². The first-order valence-electron chi connectivity index (χ1n) is 9.54. The third kappa shape index (κ3) is 3.76. The van der Waals surface area contributed by atoms with E-state index in [1.165, 1.54) is 0 Å². The molecule has 3 heterocycles. The van der Waals surface area contributed by atoms with Crippen LogP contribution in [0.25, 0.3) is 0 Å². The third-order valence-corrected chi connectivity index (χ3v) is 5.09. The summed E-state index contributed by atoms with van der Waals surface area (Å²) in [5, 5.41) is 0. The number of oxazole rings is 1. The molecule has 1 aliphatic heterocycles. The predicted octanol–water partition coefficient (Wildman–Crippen LogP) is 4.04. The highest BCUT2D eigenvalue weighted by molar-refractivity contribution is 5.94. The molecule has 3 aromatic rings. The van der Waals surface area contributed by atoms with Gasteiger partial charge in [0.15, 0.2) is 0 Å². The fraction of sp³-hybridized carbons (Fsp3) is 0.318. The van der Waals surface area contributed by atoms with Crippen molar-refractivity contribution in [2.45, 2.75) is 31.7 Å². The van der Waals surface area contributed by atoms with Gasteiger partial charge in [0, 0.05) is 30.9 Å². The van der Waals surface area contributed by atoms with Gasteiger partial charge in [-0.2, -0.15) is 0 Å². The maximum atomic E-state index is 13.0. The lowest BCUT2D eigenvalue weighted by atomic mass is 10.0. The van der Waals surface area contributed by atoms with Gasteiger partial charge in [0.05, 0.1) is 18.9 Å². The van der Waals surface area contributed by atoms with Gasteiger partial charge in [-0.15, -0.1) is 0 Å². The van der Waals surface area contributed by atoms with E-state index in [0.29, 0.717) is 24.4 Å². The second-order valence-electron chi connectivity index (χ2n) is 6.91. The molecule has 0 spiro atoms. The summed E-state index contributed by atoms with van der Waals surface area (Å²) in [5.41, 5.74) is 1.63. The van der Waals surface area contributed by atoms with Crippen LogP contribution in [-0.4, -0.2) is 34.4 Å². The second kappa shape index (κ2) is 8.25. The van der Waals surface area contributed by atoms with Crippen LogP contribution < -0.4 is 4.74 Å². The monoisotopic (exact) mass is 377 g/mol. The summed E-state index contributed by atoms with van der Waals surface area (Å²) in [6.07, 6.45) is 8.51. The molecule has 144 valence electrons. The molecule has 1 fully saturated rings.